The van der Waals surface area contributed by atoms with Crippen molar-refractivity contribution in [2.75, 3.05) is 11.9 Å². The van der Waals surface area contributed by atoms with Gasteiger partial charge in [0.2, 0.25) is 0 Å². The third-order valence-corrected chi connectivity index (χ3v) is 3.08. The second-order valence-corrected chi connectivity index (χ2v) is 4.34. The number of fused-ring (bicyclic) bond motifs is 1. The van der Waals surface area contributed by atoms with Crippen LogP contribution in [0.5, 0.6) is 0 Å². The van der Waals surface area contributed by atoms with Crippen molar-refractivity contribution < 1.29 is 9.90 Å². The molecule has 2 N–H and O–H groups in total. The number of hydrogen-bond acceptors (Lipinski definition) is 4. The predicted molar refractivity (Wildman–Crippen MR) is 63.6 cm³/mol. The number of rotatable bonds is 2. The van der Waals surface area contributed by atoms with Crippen LogP contribution in [0.15, 0.2) is 18.5 Å². The van der Waals surface area contributed by atoms with Crippen molar-refractivity contribution in [1.82, 2.24) is 19.6 Å². The first kappa shape index (κ1) is 10.8. The molecule has 3 rings (SSSR count). The van der Waals surface area contributed by atoms with E-state index in [2.05, 4.69) is 15.5 Å². The Morgan fingerprint density at radius 3 is 3.11 bits per heavy atom. The second kappa shape index (κ2) is 3.86. The number of aromatic carboxylic acids is 1. The Morgan fingerprint density at radius 2 is 2.44 bits per heavy atom. The van der Waals surface area contributed by atoms with Gasteiger partial charge in [-0.3, -0.25) is 4.68 Å². The van der Waals surface area contributed by atoms with E-state index in [9.17, 15) is 4.79 Å². The molecule has 0 aliphatic carbocycles. The summed E-state index contributed by atoms with van der Waals surface area (Å²) in [6.45, 7) is 0.796. The Labute approximate surface area is 103 Å². The highest BCUT2D eigenvalue weighted by atomic mass is 16.4. The first-order chi connectivity index (χ1) is 8.65. The summed E-state index contributed by atoms with van der Waals surface area (Å²) in [6, 6.07) is 1.60. The van der Waals surface area contributed by atoms with Crippen molar-refractivity contribution in [3.8, 4) is 0 Å². The van der Waals surface area contributed by atoms with Crippen molar-refractivity contribution in [3.05, 3.63) is 29.7 Å². The molecule has 0 radical (unpaired) electrons. The van der Waals surface area contributed by atoms with E-state index in [-0.39, 0.29) is 11.7 Å². The van der Waals surface area contributed by atoms with Gasteiger partial charge in [-0.15, -0.1) is 0 Å². The zero-order valence-electron chi connectivity index (χ0n) is 9.87. The largest absolute Gasteiger partial charge is 0.476 e. The summed E-state index contributed by atoms with van der Waals surface area (Å²) in [6.07, 6.45) is 4.59. The lowest BCUT2D eigenvalue weighted by Crippen LogP contribution is -2.24. The monoisotopic (exact) mass is 247 g/mol. The fourth-order valence-corrected chi connectivity index (χ4v) is 2.25. The van der Waals surface area contributed by atoms with E-state index in [1.807, 2.05) is 13.2 Å². The van der Waals surface area contributed by atoms with Crippen molar-refractivity contribution in [3.63, 3.8) is 0 Å². The Morgan fingerprint density at radius 1 is 1.61 bits per heavy atom. The summed E-state index contributed by atoms with van der Waals surface area (Å²) in [5.41, 5.74) is 1.11. The van der Waals surface area contributed by atoms with E-state index in [0.717, 1.165) is 24.3 Å². The van der Waals surface area contributed by atoms with E-state index in [0.29, 0.717) is 0 Å². The Balaban J connectivity index is 2.03. The average molecular weight is 247 g/mol. The van der Waals surface area contributed by atoms with Gasteiger partial charge in [-0.2, -0.15) is 10.2 Å². The number of carboxylic acid groups (broad SMARTS) is 1. The van der Waals surface area contributed by atoms with Gasteiger partial charge in [0.1, 0.15) is 5.82 Å². The van der Waals surface area contributed by atoms with Crippen LogP contribution in [-0.4, -0.2) is 37.2 Å². The fraction of sp³-hybridized carbons (Fsp3) is 0.364. The first-order valence-electron chi connectivity index (χ1n) is 5.70. The Hall–Kier alpha value is -2.31. The Bertz CT molecular complexity index is 600. The summed E-state index contributed by atoms with van der Waals surface area (Å²) < 4.78 is 3.46. The lowest BCUT2D eigenvalue weighted by molar-refractivity contribution is 0.0689. The maximum Gasteiger partial charge on any atom is 0.356 e. The lowest BCUT2D eigenvalue weighted by Gasteiger charge is -2.24. The quantitative estimate of drug-likeness (QED) is 0.816. The van der Waals surface area contributed by atoms with Crippen LogP contribution in [-0.2, 0) is 7.05 Å². The van der Waals surface area contributed by atoms with E-state index in [4.69, 9.17) is 5.11 Å². The number of hydrogen-bond donors (Lipinski definition) is 2. The molecular weight excluding hydrogens is 234 g/mol. The molecule has 0 spiro atoms. The molecule has 18 heavy (non-hydrogen) atoms. The van der Waals surface area contributed by atoms with Crippen LogP contribution in [0.4, 0.5) is 5.82 Å². The summed E-state index contributed by atoms with van der Waals surface area (Å²) in [7, 11) is 1.86. The highest BCUT2D eigenvalue weighted by Crippen LogP contribution is 2.29. The normalized spacial score (nSPS) is 18.2. The van der Waals surface area contributed by atoms with E-state index in [1.165, 1.54) is 0 Å². The summed E-state index contributed by atoms with van der Waals surface area (Å²) in [4.78, 5) is 10.9. The minimum atomic E-state index is -1.01. The maximum atomic E-state index is 10.9. The molecule has 0 aromatic carbocycles. The molecule has 2 aromatic heterocycles. The fourth-order valence-electron chi connectivity index (χ4n) is 2.25. The smallest absolute Gasteiger partial charge is 0.356 e. The van der Waals surface area contributed by atoms with Crippen LogP contribution in [0, 0.1) is 0 Å². The molecule has 1 aliphatic rings. The van der Waals surface area contributed by atoms with Crippen LogP contribution < -0.4 is 5.32 Å². The zero-order chi connectivity index (χ0) is 12.7. The number of aryl methyl sites for hydroxylation is 1. The molecule has 1 unspecified atom stereocenters. The molecule has 1 aliphatic heterocycles. The van der Waals surface area contributed by atoms with E-state index < -0.39 is 5.97 Å². The van der Waals surface area contributed by atoms with E-state index >= 15 is 0 Å². The van der Waals surface area contributed by atoms with Gasteiger partial charge in [0.25, 0.3) is 0 Å². The second-order valence-electron chi connectivity index (χ2n) is 4.34. The molecule has 1 atom stereocenters. The van der Waals surface area contributed by atoms with Crippen molar-refractivity contribution in [1.29, 1.82) is 0 Å². The number of nitrogens with one attached hydrogen (secondary N) is 1. The SMILES string of the molecule is Cn1cc(C2CCNc3cc(C(=O)O)nn32)cn1. The molecule has 0 saturated heterocycles. The summed E-state index contributed by atoms with van der Waals surface area (Å²) in [5, 5.41) is 20.4. The first-order valence-corrected chi connectivity index (χ1v) is 5.70. The van der Waals surface area contributed by atoms with Gasteiger partial charge in [0.05, 0.1) is 12.2 Å². The molecule has 7 heteroatoms. The molecule has 2 aromatic rings. The van der Waals surface area contributed by atoms with Crippen LogP contribution >= 0.6 is 0 Å². The molecule has 94 valence electrons. The van der Waals surface area contributed by atoms with Crippen molar-refractivity contribution >= 4 is 11.8 Å². The van der Waals surface area contributed by atoms with Gasteiger partial charge >= 0.3 is 5.97 Å². The summed E-state index contributed by atoms with van der Waals surface area (Å²) in [5.74, 6) is -0.267. The maximum absolute atomic E-state index is 10.9. The topological polar surface area (TPSA) is 85.0 Å². The van der Waals surface area contributed by atoms with Crippen LogP contribution in [0.2, 0.25) is 0 Å². The standard InChI is InChI=1S/C11H13N5O2/c1-15-6-7(5-13-15)9-2-3-12-10-4-8(11(17)18)14-16(9)10/h4-6,9,12H,2-3H2,1H3,(H,17,18). The zero-order valence-corrected chi connectivity index (χ0v) is 9.87. The van der Waals surface area contributed by atoms with Gasteiger partial charge in [-0.05, 0) is 6.42 Å². The van der Waals surface area contributed by atoms with Crippen LogP contribution in [0.25, 0.3) is 0 Å². The van der Waals surface area contributed by atoms with Crippen molar-refractivity contribution in [2.45, 2.75) is 12.5 Å². The number of carbonyl (C=O) groups is 1. The molecule has 0 saturated carbocycles. The highest BCUT2D eigenvalue weighted by Gasteiger charge is 2.25. The molecule has 0 bridgehead atoms. The minimum Gasteiger partial charge on any atom is -0.476 e. The highest BCUT2D eigenvalue weighted by molar-refractivity contribution is 5.86. The third kappa shape index (κ3) is 1.64. The van der Waals surface area contributed by atoms with Crippen LogP contribution in [0.1, 0.15) is 28.5 Å². The minimum absolute atomic E-state index is 0.0445. The molecule has 7 nitrogen and oxygen atoms in total. The van der Waals surface area contributed by atoms with Gasteiger partial charge in [-0.25, -0.2) is 9.48 Å². The number of nitrogens with zero attached hydrogens (tertiary/aromatic N) is 4. The van der Waals surface area contributed by atoms with E-state index in [1.54, 1.807) is 21.6 Å². The van der Waals surface area contributed by atoms with Gasteiger partial charge in [0, 0.05) is 31.4 Å². The number of carboxylic acids is 1. The summed E-state index contributed by atoms with van der Waals surface area (Å²) >= 11 is 0. The molecule has 0 fully saturated rings. The molecular formula is C11H13N5O2. The third-order valence-electron chi connectivity index (χ3n) is 3.08. The van der Waals surface area contributed by atoms with Gasteiger partial charge < -0.3 is 10.4 Å². The van der Waals surface area contributed by atoms with Crippen molar-refractivity contribution in [2.24, 2.45) is 7.05 Å². The van der Waals surface area contributed by atoms with Gasteiger partial charge in [-0.1, -0.05) is 0 Å². The lowest BCUT2D eigenvalue weighted by atomic mass is 10.1. The number of aromatic nitrogens is 4. The molecule has 0 amide bonds. The number of anilines is 1. The molecule has 3 heterocycles. The van der Waals surface area contributed by atoms with Crippen LogP contribution in [0.3, 0.4) is 0 Å². The van der Waals surface area contributed by atoms with Gasteiger partial charge in [0.15, 0.2) is 5.69 Å². The predicted octanol–water partition coefficient (Wildman–Crippen LogP) is 0.720. The average Bonchev–Trinajstić information content (AvgIpc) is 2.94. The Kier molecular flexibility index (Phi) is 2.32.